The molecule has 0 spiro atoms. The number of hydrogen-bond donors (Lipinski definition) is 1. The van der Waals surface area contributed by atoms with Crippen molar-refractivity contribution in [3.8, 4) is 0 Å². The first-order valence-electron chi connectivity index (χ1n) is 9.12. The number of rotatable bonds is 5. The quantitative estimate of drug-likeness (QED) is 0.898. The molecule has 2 aliphatic rings. The third kappa shape index (κ3) is 3.56. The predicted molar refractivity (Wildman–Crippen MR) is 92.9 cm³/mol. The Hall–Kier alpha value is -2.28. The molecule has 1 N–H and O–H groups in total. The summed E-state index contributed by atoms with van der Waals surface area (Å²) in [6.45, 7) is 2.62. The molecule has 1 saturated carbocycles. The Bertz CT molecular complexity index is 709. The molecule has 0 radical (unpaired) electrons. The van der Waals surface area contributed by atoms with Gasteiger partial charge in [-0.25, -0.2) is 4.98 Å². The molecular formula is C18H24N6O. The van der Waals surface area contributed by atoms with Gasteiger partial charge < -0.3 is 5.32 Å². The highest BCUT2D eigenvalue weighted by Crippen LogP contribution is 2.30. The van der Waals surface area contributed by atoms with Crippen LogP contribution in [0.5, 0.6) is 0 Å². The maximum atomic E-state index is 12.1. The van der Waals surface area contributed by atoms with Crippen LogP contribution in [0.2, 0.25) is 0 Å². The van der Waals surface area contributed by atoms with E-state index in [2.05, 4.69) is 36.0 Å². The lowest BCUT2D eigenvalue weighted by atomic mass is 10.1. The fraction of sp³-hybridized carbons (Fsp3) is 0.556. The minimum absolute atomic E-state index is 0.169. The van der Waals surface area contributed by atoms with Gasteiger partial charge in [-0.1, -0.05) is 12.8 Å². The zero-order valence-corrected chi connectivity index (χ0v) is 14.3. The Balaban J connectivity index is 1.37. The first-order chi connectivity index (χ1) is 12.3. The first kappa shape index (κ1) is 16.2. The van der Waals surface area contributed by atoms with Crippen molar-refractivity contribution < 1.29 is 4.79 Å². The smallest absolute Gasteiger partial charge is 0.271 e. The Labute approximate surface area is 147 Å². The normalized spacial score (nSPS) is 21.2. The molecule has 0 bridgehead atoms. The van der Waals surface area contributed by atoms with Crippen LogP contribution in [0.15, 0.2) is 30.9 Å². The highest BCUT2D eigenvalue weighted by molar-refractivity contribution is 5.91. The highest BCUT2D eigenvalue weighted by atomic mass is 16.1. The molecule has 1 aliphatic heterocycles. The van der Waals surface area contributed by atoms with E-state index in [-0.39, 0.29) is 5.91 Å². The summed E-state index contributed by atoms with van der Waals surface area (Å²) in [6.07, 6.45) is 12.7. The molecule has 2 aromatic heterocycles. The van der Waals surface area contributed by atoms with Gasteiger partial charge in [0.05, 0.1) is 17.9 Å². The molecule has 7 nitrogen and oxygen atoms in total. The SMILES string of the molecule is O=C(NCCC1CN(C2CCCC2)Cc2ccnn21)c1cnccn1. The topological polar surface area (TPSA) is 75.9 Å². The Morgan fingerprint density at radius 3 is 2.92 bits per heavy atom. The molecule has 0 saturated heterocycles. The first-order valence-corrected chi connectivity index (χ1v) is 9.12. The zero-order chi connectivity index (χ0) is 17.1. The standard InChI is InChI=1S/C18H24N6O/c25-18(17-11-19-9-10-20-17)21-7-5-15-12-23(14-3-1-2-4-14)13-16-6-8-22-24(15)16/h6,8-11,14-15H,1-5,7,12-13H2,(H,21,25). The van der Waals surface area contributed by atoms with Gasteiger partial charge in [-0.3, -0.25) is 19.4 Å². The molecule has 25 heavy (non-hydrogen) atoms. The van der Waals surface area contributed by atoms with Crippen molar-refractivity contribution in [3.63, 3.8) is 0 Å². The molecule has 3 heterocycles. The van der Waals surface area contributed by atoms with Crippen LogP contribution >= 0.6 is 0 Å². The van der Waals surface area contributed by atoms with Crippen LogP contribution in [-0.2, 0) is 6.54 Å². The lowest BCUT2D eigenvalue weighted by Crippen LogP contribution is -2.43. The van der Waals surface area contributed by atoms with Gasteiger partial charge in [-0.15, -0.1) is 0 Å². The molecule has 1 fully saturated rings. The van der Waals surface area contributed by atoms with Gasteiger partial charge in [0.2, 0.25) is 0 Å². The molecule has 1 atom stereocenters. The van der Waals surface area contributed by atoms with Crippen LogP contribution in [-0.4, -0.2) is 49.7 Å². The third-order valence-corrected chi connectivity index (χ3v) is 5.31. The molecule has 1 amide bonds. The summed E-state index contributed by atoms with van der Waals surface area (Å²) in [5, 5.41) is 7.46. The van der Waals surface area contributed by atoms with Gasteiger partial charge >= 0.3 is 0 Å². The van der Waals surface area contributed by atoms with E-state index in [1.807, 2.05) is 6.20 Å². The fourth-order valence-corrected chi connectivity index (χ4v) is 4.04. The van der Waals surface area contributed by atoms with Crippen LogP contribution in [0.3, 0.4) is 0 Å². The van der Waals surface area contributed by atoms with E-state index in [0.717, 1.165) is 19.5 Å². The van der Waals surface area contributed by atoms with Crippen molar-refractivity contribution in [1.29, 1.82) is 0 Å². The number of hydrogen-bond acceptors (Lipinski definition) is 5. The highest BCUT2D eigenvalue weighted by Gasteiger charge is 2.31. The summed E-state index contributed by atoms with van der Waals surface area (Å²) in [6, 6.07) is 3.13. The van der Waals surface area contributed by atoms with Gasteiger partial charge in [-0.2, -0.15) is 5.10 Å². The molecular weight excluding hydrogens is 316 g/mol. The molecule has 2 aromatic rings. The Kier molecular flexibility index (Phi) is 4.74. The van der Waals surface area contributed by atoms with Crippen LogP contribution in [0.4, 0.5) is 0 Å². The number of fused-ring (bicyclic) bond motifs is 1. The molecule has 132 valence electrons. The van der Waals surface area contributed by atoms with Crippen LogP contribution < -0.4 is 5.32 Å². The van der Waals surface area contributed by atoms with E-state index >= 15 is 0 Å². The lowest BCUT2D eigenvalue weighted by Gasteiger charge is -2.37. The van der Waals surface area contributed by atoms with Gasteiger partial charge in [0.25, 0.3) is 5.91 Å². The van der Waals surface area contributed by atoms with E-state index in [0.29, 0.717) is 24.3 Å². The van der Waals surface area contributed by atoms with Crippen LogP contribution in [0, 0.1) is 0 Å². The third-order valence-electron chi connectivity index (χ3n) is 5.31. The summed E-state index contributed by atoms with van der Waals surface area (Å²) in [4.78, 5) is 22.7. The summed E-state index contributed by atoms with van der Waals surface area (Å²) in [5.74, 6) is -0.169. The van der Waals surface area contributed by atoms with Gasteiger partial charge in [0, 0.05) is 44.3 Å². The summed E-state index contributed by atoms with van der Waals surface area (Å²) >= 11 is 0. The summed E-state index contributed by atoms with van der Waals surface area (Å²) in [5.41, 5.74) is 1.64. The Morgan fingerprint density at radius 2 is 2.12 bits per heavy atom. The number of nitrogens with zero attached hydrogens (tertiary/aromatic N) is 5. The van der Waals surface area contributed by atoms with Crippen molar-refractivity contribution in [3.05, 3.63) is 42.2 Å². The average Bonchev–Trinajstić information content (AvgIpc) is 3.33. The molecule has 1 aliphatic carbocycles. The fourth-order valence-electron chi connectivity index (χ4n) is 4.04. The lowest BCUT2D eigenvalue weighted by molar-refractivity contribution is 0.0934. The van der Waals surface area contributed by atoms with Crippen LogP contribution in [0.1, 0.15) is 54.3 Å². The van der Waals surface area contributed by atoms with E-state index in [1.54, 1.807) is 6.20 Å². The van der Waals surface area contributed by atoms with Crippen molar-refractivity contribution in [2.45, 2.75) is 50.7 Å². The predicted octanol–water partition coefficient (Wildman–Crippen LogP) is 1.79. The van der Waals surface area contributed by atoms with E-state index in [4.69, 9.17) is 0 Å². The van der Waals surface area contributed by atoms with Gasteiger partial charge in [0.1, 0.15) is 5.69 Å². The average molecular weight is 340 g/mol. The zero-order valence-electron chi connectivity index (χ0n) is 14.3. The maximum absolute atomic E-state index is 12.1. The van der Waals surface area contributed by atoms with E-state index < -0.39 is 0 Å². The molecule has 4 rings (SSSR count). The Morgan fingerprint density at radius 1 is 1.24 bits per heavy atom. The van der Waals surface area contributed by atoms with E-state index in [1.165, 1.54) is 43.8 Å². The molecule has 1 unspecified atom stereocenters. The minimum atomic E-state index is -0.169. The van der Waals surface area contributed by atoms with Crippen LogP contribution in [0.25, 0.3) is 0 Å². The summed E-state index contributed by atoms with van der Waals surface area (Å²) < 4.78 is 2.14. The van der Waals surface area contributed by atoms with Crippen molar-refractivity contribution in [1.82, 2.24) is 30.0 Å². The minimum Gasteiger partial charge on any atom is -0.351 e. The number of carbonyl (C=O) groups is 1. The second-order valence-electron chi connectivity index (χ2n) is 6.92. The maximum Gasteiger partial charge on any atom is 0.271 e. The second kappa shape index (κ2) is 7.31. The number of amides is 1. The van der Waals surface area contributed by atoms with Gasteiger partial charge in [-0.05, 0) is 25.3 Å². The molecule has 0 aromatic carbocycles. The summed E-state index contributed by atoms with van der Waals surface area (Å²) in [7, 11) is 0. The number of aromatic nitrogens is 4. The largest absolute Gasteiger partial charge is 0.351 e. The number of nitrogens with one attached hydrogen (secondary N) is 1. The van der Waals surface area contributed by atoms with Crippen molar-refractivity contribution in [2.75, 3.05) is 13.1 Å². The van der Waals surface area contributed by atoms with Crippen molar-refractivity contribution in [2.24, 2.45) is 0 Å². The number of carbonyl (C=O) groups excluding carboxylic acids is 1. The molecule has 7 heteroatoms. The van der Waals surface area contributed by atoms with Gasteiger partial charge in [0.15, 0.2) is 0 Å². The monoisotopic (exact) mass is 340 g/mol. The van der Waals surface area contributed by atoms with Crippen molar-refractivity contribution >= 4 is 5.91 Å². The van der Waals surface area contributed by atoms with E-state index in [9.17, 15) is 4.79 Å². The second-order valence-corrected chi connectivity index (χ2v) is 6.92.